The Bertz CT molecular complexity index is 597. The summed E-state index contributed by atoms with van der Waals surface area (Å²) in [5.74, 6) is 0.592. The molecule has 0 saturated heterocycles. The number of rotatable bonds is 4. The highest BCUT2D eigenvalue weighted by Crippen LogP contribution is 2.22. The molecule has 1 aromatic heterocycles. The van der Waals surface area contributed by atoms with Gasteiger partial charge in [0, 0.05) is 17.3 Å². The van der Waals surface area contributed by atoms with Gasteiger partial charge in [-0.1, -0.05) is 24.3 Å². The second-order valence-corrected chi connectivity index (χ2v) is 4.44. The first kappa shape index (κ1) is 13.3. The molecule has 5 heteroatoms. The second-order valence-electron chi connectivity index (χ2n) is 4.44. The molecule has 1 aromatic carbocycles. The van der Waals surface area contributed by atoms with E-state index in [1.54, 1.807) is 6.92 Å². The van der Waals surface area contributed by atoms with Crippen molar-refractivity contribution in [2.75, 3.05) is 11.9 Å². The number of likely N-dealkylation sites (N-methyl/N-ethyl adjacent to an activating group) is 1. The predicted octanol–water partition coefficient (Wildman–Crippen LogP) is 1.87. The summed E-state index contributed by atoms with van der Waals surface area (Å²) < 4.78 is 0. The van der Waals surface area contributed by atoms with E-state index in [4.69, 9.17) is 0 Å². The Morgan fingerprint density at radius 1 is 1.26 bits per heavy atom. The van der Waals surface area contributed by atoms with E-state index in [9.17, 15) is 4.79 Å². The number of aromatic nitrogens is 2. The molecule has 0 aliphatic carbocycles. The lowest BCUT2D eigenvalue weighted by Crippen LogP contribution is -2.37. The Labute approximate surface area is 112 Å². The molecular weight excluding hydrogens is 240 g/mol. The molecule has 2 N–H and O–H groups in total. The lowest BCUT2D eigenvalue weighted by atomic mass is 10.1. The minimum absolute atomic E-state index is 0.0473. The van der Waals surface area contributed by atoms with Gasteiger partial charge in [0.15, 0.2) is 5.82 Å². The fraction of sp³-hybridized carbons (Fsp3) is 0.357. The van der Waals surface area contributed by atoms with Gasteiger partial charge in [0.25, 0.3) is 0 Å². The van der Waals surface area contributed by atoms with Crippen molar-refractivity contribution in [1.82, 2.24) is 15.5 Å². The molecule has 0 fully saturated rings. The van der Waals surface area contributed by atoms with Crippen molar-refractivity contribution in [2.24, 2.45) is 0 Å². The third kappa shape index (κ3) is 2.81. The molecule has 1 amide bonds. The summed E-state index contributed by atoms with van der Waals surface area (Å²) in [4.78, 5) is 11.7. The number of carbonyl (C=O) groups excluding carboxylic acids is 1. The molecule has 1 heterocycles. The van der Waals surface area contributed by atoms with Crippen LogP contribution in [0.1, 0.15) is 19.5 Å². The maximum atomic E-state index is 11.7. The van der Waals surface area contributed by atoms with Crippen LogP contribution < -0.4 is 10.6 Å². The van der Waals surface area contributed by atoms with Crippen LogP contribution in [0.15, 0.2) is 24.3 Å². The molecule has 100 valence electrons. The predicted molar refractivity (Wildman–Crippen MR) is 76.0 cm³/mol. The fourth-order valence-electron chi connectivity index (χ4n) is 1.94. The molecule has 2 aromatic rings. The maximum absolute atomic E-state index is 11.7. The molecule has 5 nitrogen and oxygen atoms in total. The van der Waals surface area contributed by atoms with Crippen LogP contribution in [0.5, 0.6) is 0 Å². The summed E-state index contributed by atoms with van der Waals surface area (Å²) >= 11 is 0. The largest absolute Gasteiger partial charge is 0.357 e. The van der Waals surface area contributed by atoms with Crippen molar-refractivity contribution < 1.29 is 4.79 Å². The lowest BCUT2D eigenvalue weighted by molar-refractivity contribution is -0.121. The van der Waals surface area contributed by atoms with Gasteiger partial charge in [-0.05, 0) is 20.8 Å². The van der Waals surface area contributed by atoms with Gasteiger partial charge in [-0.15, -0.1) is 5.10 Å². The molecule has 0 spiro atoms. The van der Waals surface area contributed by atoms with Crippen molar-refractivity contribution in [1.29, 1.82) is 0 Å². The van der Waals surface area contributed by atoms with E-state index in [0.717, 1.165) is 16.5 Å². The number of amides is 1. The summed E-state index contributed by atoms with van der Waals surface area (Å²) in [6, 6.07) is 7.55. The van der Waals surface area contributed by atoms with Gasteiger partial charge in [0.1, 0.15) is 6.04 Å². The summed E-state index contributed by atoms with van der Waals surface area (Å²) in [5, 5.41) is 16.2. The summed E-state index contributed by atoms with van der Waals surface area (Å²) in [5.41, 5.74) is 0.881. The quantitative estimate of drug-likeness (QED) is 0.878. The molecule has 1 atom stereocenters. The first-order valence-electron chi connectivity index (χ1n) is 6.39. The number of anilines is 1. The van der Waals surface area contributed by atoms with E-state index < -0.39 is 0 Å². The molecule has 0 radical (unpaired) electrons. The number of fused-ring (bicyclic) bond motifs is 1. The Balaban J connectivity index is 2.31. The zero-order valence-electron chi connectivity index (χ0n) is 11.4. The van der Waals surface area contributed by atoms with Crippen molar-refractivity contribution >= 4 is 22.5 Å². The first-order chi connectivity index (χ1) is 9.13. The third-order valence-corrected chi connectivity index (χ3v) is 2.97. The average molecular weight is 258 g/mol. The lowest BCUT2D eigenvalue weighted by Gasteiger charge is -2.15. The SMILES string of the molecule is CCNC(=O)C(C)Nc1nnc(C)c2ccccc12. The van der Waals surface area contributed by atoms with Gasteiger partial charge < -0.3 is 10.6 Å². The summed E-state index contributed by atoms with van der Waals surface area (Å²) in [6.45, 7) is 6.24. The number of aryl methyl sites for hydroxylation is 1. The molecule has 1 unspecified atom stereocenters. The topological polar surface area (TPSA) is 66.9 Å². The maximum Gasteiger partial charge on any atom is 0.242 e. The van der Waals surface area contributed by atoms with Crippen LogP contribution in [0.25, 0.3) is 10.8 Å². The molecule has 2 rings (SSSR count). The number of nitrogens with zero attached hydrogens (tertiary/aromatic N) is 2. The molecule has 19 heavy (non-hydrogen) atoms. The Morgan fingerprint density at radius 2 is 1.95 bits per heavy atom. The van der Waals surface area contributed by atoms with E-state index in [2.05, 4.69) is 20.8 Å². The van der Waals surface area contributed by atoms with E-state index in [0.29, 0.717) is 12.4 Å². The summed E-state index contributed by atoms with van der Waals surface area (Å²) in [7, 11) is 0. The van der Waals surface area contributed by atoms with Crippen molar-refractivity contribution in [3.63, 3.8) is 0 Å². The van der Waals surface area contributed by atoms with Gasteiger partial charge in [-0.2, -0.15) is 5.10 Å². The van der Waals surface area contributed by atoms with Gasteiger partial charge >= 0.3 is 0 Å². The molecule has 0 bridgehead atoms. The third-order valence-electron chi connectivity index (χ3n) is 2.97. The normalized spacial score (nSPS) is 12.2. The Kier molecular flexibility index (Phi) is 3.94. The Morgan fingerprint density at radius 3 is 2.63 bits per heavy atom. The summed E-state index contributed by atoms with van der Waals surface area (Å²) in [6.07, 6.45) is 0. The number of hydrogen-bond donors (Lipinski definition) is 2. The first-order valence-corrected chi connectivity index (χ1v) is 6.39. The minimum Gasteiger partial charge on any atom is -0.357 e. The van der Waals surface area contributed by atoms with Crippen LogP contribution in [-0.4, -0.2) is 28.7 Å². The van der Waals surface area contributed by atoms with E-state index >= 15 is 0 Å². The zero-order valence-corrected chi connectivity index (χ0v) is 11.4. The smallest absolute Gasteiger partial charge is 0.242 e. The highest BCUT2D eigenvalue weighted by atomic mass is 16.2. The van der Waals surface area contributed by atoms with Crippen LogP contribution in [0.3, 0.4) is 0 Å². The van der Waals surface area contributed by atoms with Crippen LogP contribution >= 0.6 is 0 Å². The Hall–Kier alpha value is -2.17. The minimum atomic E-state index is -0.347. The van der Waals surface area contributed by atoms with Crippen LogP contribution in [0.2, 0.25) is 0 Å². The van der Waals surface area contributed by atoms with E-state index in [-0.39, 0.29) is 11.9 Å². The van der Waals surface area contributed by atoms with Gasteiger partial charge in [-0.25, -0.2) is 0 Å². The van der Waals surface area contributed by atoms with Crippen LogP contribution in [-0.2, 0) is 4.79 Å². The van der Waals surface area contributed by atoms with Crippen LogP contribution in [0, 0.1) is 6.92 Å². The van der Waals surface area contributed by atoms with E-state index in [1.165, 1.54) is 0 Å². The zero-order chi connectivity index (χ0) is 13.8. The molecule has 0 aliphatic heterocycles. The molecule has 0 aliphatic rings. The standard InChI is InChI=1S/C14H18N4O/c1-4-15-14(19)10(3)16-13-12-8-6-5-7-11(12)9(2)17-18-13/h5-8,10H,4H2,1-3H3,(H,15,19)(H,16,18). The molecular formula is C14H18N4O. The van der Waals surface area contributed by atoms with Gasteiger partial charge in [0.05, 0.1) is 5.69 Å². The van der Waals surface area contributed by atoms with Crippen molar-refractivity contribution in [3.05, 3.63) is 30.0 Å². The van der Waals surface area contributed by atoms with Crippen molar-refractivity contribution in [2.45, 2.75) is 26.8 Å². The van der Waals surface area contributed by atoms with Crippen LogP contribution in [0.4, 0.5) is 5.82 Å². The number of hydrogen-bond acceptors (Lipinski definition) is 4. The second kappa shape index (κ2) is 5.65. The highest BCUT2D eigenvalue weighted by Gasteiger charge is 2.14. The average Bonchev–Trinajstić information content (AvgIpc) is 2.42. The highest BCUT2D eigenvalue weighted by molar-refractivity contribution is 5.94. The molecule has 0 saturated carbocycles. The van der Waals surface area contributed by atoms with Crippen molar-refractivity contribution in [3.8, 4) is 0 Å². The van der Waals surface area contributed by atoms with Gasteiger partial charge in [-0.3, -0.25) is 4.79 Å². The number of benzene rings is 1. The number of nitrogens with one attached hydrogen (secondary N) is 2. The fourth-order valence-corrected chi connectivity index (χ4v) is 1.94. The monoisotopic (exact) mass is 258 g/mol. The van der Waals surface area contributed by atoms with E-state index in [1.807, 2.05) is 38.1 Å². The number of carbonyl (C=O) groups is 1. The van der Waals surface area contributed by atoms with Gasteiger partial charge in [0.2, 0.25) is 5.91 Å².